The molecule has 0 aromatic carbocycles. The van der Waals surface area contributed by atoms with Crippen LogP contribution in [0, 0.1) is 13.8 Å². The number of carbonyl (C=O) groups excluding carboxylic acids is 1. The molecule has 9 heteroatoms. The summed E-state index contributed by atoms with van der Waals surface area (Å²) in [5.41, 5.74) is 1.85. The number of hydrogen-bond acceptors (Lipinski definition) is 6. The van der Waals surface area contributed by atoms with Crippen LogP contribution in [-0.2, 0) is 4.79 Å². The molecule has 1 amide bonds. The minimum absolute atomic E-state index is 0.118. The molecule has 0 saturated heterocycles. The number of hydrogen-bond donors (Lipinski definition) is 1. The molecule has 3 heterocycles. The molecule has 0 fully saturated rings. The first-order chi connectivity index (χ1) is 11.8. The van der Waals surface area contributed by atoms with Crippen molar-refractivity contribution >= 4 is 29.3 Å². The summed E-state index contributed by atoms with van der Waals surface area (Å²) in [7, 11) is 0. The SMILES string of the molecule is Cc1cc(C)n2nc(SC(C)C(=O)Nc3ccnn3C(C)C)nc2n1. The summed E-state index contributed by atoms with van der Waals surface area (Å²) in [6, 6.07) is 3.90. The van der Waals surface area contributed by atoms with E-state index in [0.29, 0.717) is 16.8 Å². The molecule has 0 bridgehead atoms. The Morgan fingerprint density at radius 2 is 2.00 bits per heavy atom. The molecule has 0 aliphatic carbocycles. The number of carbonyl (C=O) groups is 1. The molecular weight excluding hydrogens is 338 g/mol. The van der Waals surface area contributed by atoms with E-state index in [2.05, 4.69) is 25.5 Å². The molecule has 1 atom stereocenters. The van der Waals surface area contributed by atoms with Crippen molar-refractivity contribution in [3.8, 4) is 0 Å². The maximum atomic E-state index is 12.5. The van der Waals surface area contributed by atoms with Crippen molar-refractivity contribution in [1.82, 2.24) is 29.4 Å². The largest absolute Gasteiger partial charge is 0.310 e. The lowest BCUT2D eigenvalue weighted by molar-refractivity contribution is -0.115. The van der Waals surface area contributed by atoms with Crippen molar-refractivity contribution in [3.05, 3.63) is 29.7 Å². The van der Waals surface area contributed by atoms with Gasteiger partial charge < -0.3 is 5.32 Å². The number of anilines is 1. The Labute approximate surface area is 150 Å². The molecule has 3 aromatic heterocycles. The molecule has 1 unspecified atom stereocenters. The van der Waals surface area contributed by atoms with Crippen molar-refractivity contribution < 1.29 is 4.79 Å². The van der Waals surface area contributed by atoms with Gasteiger partial charge in [-0.05, 0) is 40.7 Å². The Balaban J connectivity index is 1.73. The van der Waals surface area contributed by atoms with Gasteiger partial charge in [0.15, 0.2) is 0 Å². The third-order valence-electron chi connectivity index (χ3n) is 3.66. The predicted molar refractivity (Wildman–Crippen MR) is 96.8 cm³/mol. The number of aryl methyl sites for hydroxylation is 2. The number of amides is 1. The van der Waals surface area contributed by atoms with Gasteiger partial charge in [0.1, 0.15) is 5.82 Å². The van der Waals surface area contributed by atoms with Crippen molar-refractivity contribution in [1.29, 1.82) is 0 Å². The molecule has 25 heavy (non-hydrogen) atoms. The van der Waals surface area contributed by atoms with Crippen LogP contribution in [0.25, 0.3) is 5.78 Å². The molecule has 3 rings (SSSR count). The van der Waals surface area contributed by atoms with E-state index in [1.54, 1.807) is 21.5 Å². The van der Waals surface area contributed by atoms with Gasteiger partial charge >= 0.3 is 0 Å². The maximum Gasteiger partial charge on any atom is 0.253 e. The van der Waals surface area contributed by atoms with Gasteiger partial charge in [-0.25, -0.2) is 14.2 Å². The van der Waals surface area contributed by atoms with Gasteiger partial charge in [0.05, 0.1) is 11.4 Å². The average Bonchev–Trinajstić information content (AvgIpc) is 3.13. The third kappa shape index (κ3) is 3.65. The lowest BCUT2D eigenvalue weighted by Crippen LogP contribution is -2.24. The maximum absolute atomic E-state index is 12.5. The first kappa shape index (κ1) is 17.4. The lowest BCUT2D eigenvalue weighted by Gasteiger charge is -2.14. The van der Waals surface area contributed by atoms with E-state index in [0.717, 1.165) is 11.4 Å². The van der Waals surface area contributed by atoms with Crippen molar-refractivity contribution in [2.75, 3.05) is 5.32 Å². The highest BCUT2D eigenvalue weighted by molar-refractivity contribution is 8.00. The number of fused-ring (bicyclic) bond motifs is 1. The number of aromatic nitrogens is 6. The third-order valence-corrected chi connectivity index (χ3v) is 4.61. The van der Waals surface area contributed by atoms with Crippen LogP contribution < -0.4 is 5.32 Å². The van der Waals surface area contributed by atoms with E-state index in [9.17, 15) is 4.79 Å². The Hall–Kier alpha value is -2.42. The van der Waals surface area contributed by atoms with Crippen molar-refractivity contribution in [2.24, 2.45) is 0 Å². The van der Waals surface area contributed by atoms with Gasteiger partial charge in [0, 0.05) is 23.5 Å². The highest BCUT2D eigenvalue weighted by Crippen LogP contribution is 2.22. The summed E-state index contributed by atoms with van der Waals surface area (Å²) in [6.45, 7) is 9.72. The molecule has 0 spiro atoms. The standard InChI is InChI=1S/C16H21N7OS/c1-9(2)22-13(6-7-17-22)19-14(24)12(5)25-16-20-15-18-10(3)8-11(4)23(15)21-16/h6-9,12H,1-5H3,(H,19,24). The highest BCUT2D eigenvalue weighted by atomic mass is 32.2. The Morgan fingerprint density at radius 3 is 2.72 bits per heavy atom. The quantitative estimate of drug-likeness (QED) is 0.704. The average molecular weight is 359 g/mol. The van der Waals surface area contributed by atoms with Crippen LogP contribution in [0.1, 0.15) is 38.2 Å². The van der Waals surface area contributed by atoms with Gasteiger partial charge in [0.2, 0.25) is 11.1 Å². The van der Waals surface area contributed by atoms with E-state index in [1.165, 1.54) is 11.8 Å². The number of thioether (sulfide) groups is 1. The fourth-order valence-electron chi connectivity index (χ4n) is 2.46. The van der Waals surface area contributed by atoms with Crippen LogP contribution in [0.4, 0.5) is 5.82 Å². The molecule has 0 aliphatic heterocycles. The summed E-state index contributed by atoms with van der Waals surface area (Å²) < 4.78 is 3.46. The summed E-state index contributed by atoms with van der Waals surface area (Å²) >= 11 is 1.30. The van der Waals surface area contributed by atoms with Crippen LogP contribution >= 0.6 is 11.8 Å². The topological polar surface area (TPSA) is 90.0 Å². The summed E-state index contributed by atoms with van der Waals surface area (Å²) in [5, 5.41) is 11.7. The number of rotatable bonds is 5. The number of nitrogens with zero attached hydrogens (tertiary/aromatic N) is 6. The number of nitrogens with one attached hydrogen (secondary N) is 1. The Bertz CT molecular complexity index is 914. The fourth-order valence-corrected chi connectivity index (χ4v) is 3.21. The normalized spacial score (nSPS) is 12.7. The monoisotopic (exact) mass is 359 g/mol. The summed E-state index contributed by atoms with van der Waals surface area (Å²) in [5.74, 6) is 1.11. The van der Waals surface area contributed by atoms with E-state index < -0.39 is 0 Å². The van der Waals surface area contributed by atoms with E-state index in [1.807, 2.05) is 40.7 Å². The first-order valence-electron chi connectivity index (χ1n) is 8.07. The predicted octanol–water partition coefficient (Wildman–Crippen LogP) is 2.64. The van der Waals surface area contributed by atoms with Gasteiger partial charge in [0.25, 0.3) is 5.78 Å². The zero-order valence-electron chi connectivity index (χ0n) is 14.9. The van der Waals surface area contributed by atoms with Crippen molar-refractivity contribution in [3.63, 3.8) is 0 Å². The molecule has 0 radical (unpaired) electrons. The van der Waals surface area contributed by atoms with Crippen LogP contribution in [-0.4, -0.2) is 40.5 Å². The lowest BCUT2D eigenvalue weighted by atomic mass is 10.4. The molecule has 1 N–H and O–H groups in total. The second-order valence-electron chi connectivity index (χ2n) is 6.15. The Kier molecular flexibility index (Phi) is 4.76. The summed E-state index contributed by atoms with van der Waals surface area (Å²) in [4.78, 5) is 21.2. The van der Waals surface area contributed by atoms with Crippen LogP contribution in [0.15, 0.2) is 23.5 Å². The van der Waals surface area contributed by atoms with Gasteiger partial charge in [-0.1, -0.05) is 11.8 Å². The van der Waals surface area contributed by atoms with Gasteiger partial charge in [-0.2, -0.15) is 10.1 Å². The van der Waals surface area contributed by atoms with Crippen LogP contribution in [0.5, 0.6) is 0 Å². The van der Waals surface area contributed by atoms with Crippen molar-refractivity contribution in [2.45, 2.75) is 51.1 Å². The van der Waals surface area contributed by atoms with Crippen LogP contribution in [0.3, 0.4) is 0 Å². The van der Waals surface area contributed by atoms with Gasteiger partial charge in [-0.15, -0.1) is 5.10 Å². The van der Waals surface area contributed by atoms with Gasteiger partial charge in [-0.3, -0.25) is 4.79 Å². The molecule has 0 aliphatic rings. The van der Waals surface area contributed by atoms with E-state index >= 15 is 0 Å². The first-order valence-corrected chi connectivity index (χ1v) is 8.95. The second kappa shape index (κ2) is 6.83. The van der Waals surface area contributed by atoms with E-state index in [4.69, 9.17) is 0 Å². The minimum Gasteiger partial charge on any atom is -0.310 e. The molecule has 132 valence electrons. The Morgan fingerprint density at radius 1 is 1.24 bits per heavy atom. The molecule has 0 saturated carbocycles. The molecule has 3 aromatic rings. The smallest absolute Gasteiger partial charge is 0.253 e. The molecule has 8 nitrogen and oxygen atoms in total. The molecular formula is C16H21N7OS. The van der Waals surface area contributed by atoms with Crippen LogP contribution in [0.2, 0.25) is 0 Å². The minimum atomic E-state index is -0.352. The summed E-state index contributed by atoms with van der Waals surface area (Å²) in [6.07, 6.45) is 1.67. The zero-order valence-corrected chi connectivity index (χ0v) is 15.7. The second-order valence-corrected chi connectivity index (χ2v) is 7.46. The highest BCUT2D eigenvalue weighted by Gasteiger charge is 2.20. The zero-order chi connectivity index (χ0) is 18.1. The van der Waals surface area contributed by atoms with E-state index in [-0.39, 0.29) is 17.2 Å². The fraction of sp³-hybridized carbons (Fsp3) is 0.438.